The van der Waals surface area contributed by atoms with E-state index in [4.69, 9.17) is 25.9 Å². The van der Waals surface area contributed by atoms with Gasteiger partial charge in [-0.15, -0.1) is 0 Å². The highest BCUT2D eigenvalue weighted by molar-refractivity contribution is 5.77. The molecular formula is C22H24N6O2. The molecule has 0 aliphatic rings. The fourth-order valence-electron chi connectivity index (χ4n) is 3.42. The number of imidazole rings is 1. The van der Waals surface area contributed by atoms with Crippen molar-refractivity contribution < 1.29 is 9.47 Å². The minimum atomic E-state index is -0.106. The number of benzene rings is 1. The number of hydrogen-bond donors (Lipinski definition) is 2. The highest BCUT2D eigenvalue weighted by Gasteiger charge is 2.15. The Balaban J connectivity index is 1.64. The van der Waals surface area contributed by atoms with Gasteiger partial charge in [-0.2, -0.15) is 0 Å². The molecule has 0 spiro atoms. The molecule has 8 heteroatoms. The van der Waals surface area contributed by atoms with Crippen LogP contribution in [0.25, 0.3) is 22.4 Å². The summed E-state index contributed by atoms with van der Waals surface area (Å²) in [4.78, 5) is 13.5. The largest absolute Gasteiger partial charge is 0.497 e. The first-order valence-corrected chi connectivity index (χ1v) is 9.61. The fourth-order valence-corrected chi connectivity index (χ4v) is 3.42. The fraction of sp³-hybridized carbons (Fsp3) is 0.227. The Labute approximate surface area is 174 Å². The van der Waals surface area contributed by atoms with Gasteiger partial charge in [-0.1, -0.05) is 6.07 Å². The summed E-state index contributed by atoms with van der Waals surface area (Å²) in [6, 6.07) is 14.9. The van der Waals surface area contributed by atoms with Crippen LogP contribution in [-0.4, -0.2) is 32.7 Å². The number of anilines is 2. The van der Waals surface area contributed by atoms with E-state index >= 15 is 0 Å². The normalized spacial score (nSPS) is 12.1. The second-order valence-corrected chi connectivity index (χ2v) is 7.12. The molecule has 1 atom stereocenters. The van der Waals surface area contributed by atoms with Crippen LogP contribution in [0.3, 0.4) is 0 Å². The number of aryl methyl sites for hydroxylation is 1. The maximum absolute atomic E-state index is 6.08. The standard InChI is InChI=1S/C22H24N6O2/c1-13(30-17-6-4-5-16(11-17)29-3)12-28-14(2)25-19-8-7-18(26-22(19)28)15-9-20(23)27-21(24)10-15/h4-11,13H,12H2,1-3H3,(H4,23,24,27). The van der Waals surface area contributed by atoms with Gasteiger partial charge >= 0.3 is 0 Å². The van der Waals surface area contributed by atoms with Crippen LogP contribution in [0.4, 0.5) is 11.6 Å². The second kappa shape index (κ2) is 7.90. The van der Waals surface area contributed by atoms with E-state index in [0.717, 1.165) is 39.7 Å². The molecule has 4 aromatic rings. The van der Waals surface area contributed by atoms with Gasteiger partial charge in [-0.3, -0.25) is 0 Å². The van der Waals surface area contributed by atoms with Crippen molar-refractivity contribution in [3.8, 4) is 22.8 Å². The Bertz CT molecular complexity index is 1180. The molecule has 1 unspecified atom stereocenters. The van der Waals surface area contributed by atoms with E-state index in [1.165, 1.54) is 0 Å². The summed E-state index contributed by atoms with van der Waals surface area (Å²) in [6.45, 7) is 4.57. The van der Waals surface area contributed by atoms with Crippen LogP contribution in [-0.2, 0) is 6.54 Å². The molecule has 8 nitrogen and oxygen atoms in total. The number of fused-ring (bicyclic) bond motifs is 1. The molecule has 1 aromatic carbocycles. The van der Waals surface area contributed by atoms with Crippen LogP contribution in [0.15, 0.2) is 48.5 Å². The molecule has 0 fully saturated rings. The number of nitrogens with zero attached hydrogens (tertiary/aromatic N) is 4. The van der Waals surface area contributed by atoms with Crippen LogP contribution in [0.2, 0.25) is 0 Å². The van der Waals surface area contributed by atoms with Crippen molar-refractivity contribution in [3.63, 3.8) is 0 Å². The number of pyridine rings is 2. The van der Waals surface area contributed by atoms with Crippen molar-refractivity contribution in [2.24, 2.45) is 0 Å². The number of aromatic nitrogens is 4. The average molecular weight is 404 g/mol. The molecule has 0 aliphatic heterocycles. The lowest BCUT2D eigenvalue weighted by atomic mass is 10.1. The molecule has 0 saturated heterocycles. The third kappa shape index (κ3) is 3.98. The summed E-state index contributed by atoms with van der Waals surface area (Å²) in [5.74, 6) is 3.09. The van der Waals surface area contributed by atoms with E-state index < -0.39 is 0 Å². The summed E-state index contributed by atoms with van der Waals surface area (Å²) < 4.78 is 13.4. The Hall–Kier alpha value is -3.81. The molecule has 3 aromatic heterocycles. The van der Waals surface area contributed by atoms with Gasteiger partial charge in [0, 0.05) is 11.6 Å². The molecule has 0 aliphatic carbocycles. The third-order valence-corrected chi connectivity index (χ3v) is 4.76. The number of ether oxygens (including phenoxy) is 2. The predicted molar refractivity (Wildman–Crippen MR) is 117 cm³/mol. The zero-order chi connectivity index (χ0) is 21.3. The van der Waals surface area contributed by atoms with Crippen molar-refractivity contribution >= 4 is 22.8 Å². The van der Waals surface area contributed by atoms with E-state index in [1.54, 1.807) is 19.2 Å². The Morgan fingerprint density at radius 3 is 2.43 bits per heavy atom. The van der Waals surface area contributed by atoms with Crippen molar-refractivity contribution in [2.45, 2.75) is 26.5 Å². The summed E-state index contributed by atoms with van der Waals surface area (Å²) in [5, 5.41) is 0. The van der Waals surface area contributed by atoms with Gasteiger partial charge in [0.05, 0.1) is 19.3 Å². The monoisotopic (exact) mass is 404 g/mol. The molecular weight excluding hydrogens is 380 g/mol. The maximum Gasteiger partial charge on any atom is 0.160 e. The predicted octanol–water partition coefficient (Wildman–Crippen LogP) is 3.44. The smallest absolute Gasteiger partial charge is 0.160 e. The lowest BCUT2D eigenvalue weighted by molar-refractivity contribution is 0.199. The minimum absolute atomic E-state index is 0.106. The topological polar surface area (TPSA) is 114 Å². The maximum atomic E-state index is 6.08. The lowest BCUT2D eigenvalue weighted by Gasteiger charge is -2.17. The van der Waals surface area contributed by atoms with Gasteiger partial charge in [-0.25, -0.2) is 15.0 Å². The molecule has 0 saturated carbocycles. The van der Waals surface area contributed by atoms with E-state index in [1.807, 2.05) is 50.2 Å². The molecule has 30 heavy (non-hydrogen) atoms. The Morgan fingerprint density at radius 1 is 0.967 bits per heavy atom. The lowest BCUT2D eigenvalue weighted by Crippen LogP contribution is -2.20. The van der Waals surface area contributed by atoms with E-state index in [-0.39, 0.29) is 6.10 Å². The van der Waals surface area contributed by atoms with E-state index in [9.17, 15) is 0 Å². The van der Waals surface area contributed by atoms with Gasteiger partial charge in [0.1, 0.15) is 40.6 Å². The summed E-state index contributed by atoms with van der Waals surface area (Å²) in [7, 11) is 1.64. The van der Waals surface area contributed by atoms with Gasteiger partial charge in [0.25, 0.3) is 0 Å². The van der Waals surface area contributed by atoms with E-state index in [2.05, 4.69) is 14.5 Å². The summed E-state index contributed by atoms with van der Waals surface area (Å²) >= 11 is 0. The molecule has 0 amide bonds. The number of nitrogens with two attached hydrogens (primary N) is 2. The van der Waals surface area contributed by atoms with Crippen molar-refractivity contribution in [1.82, 2.24) is 19.5 Å². The average Bonchev–Trinajstić information content (AvgIpc) is 3.02. The highest BCUT2D eigenvalue weighted by Crippen LogP contribution is 2.25. The molecule has 4 rings (SSSR count). The van der Waals surface area contributed by atoms with Crippen LogP contribution < -0.4 is 20.9 Å². The number of rotatable bonds is 6. The van der Waals surface area contributed by atoms with Crippen LogP contribution >= 0.6 is 0 Å². The van der Waals surface area contributed by atoms with Crippen LogP contribution in [0, 0.1) is 6.92 Å². The summed E-state index contributed by atoms with van der Waals surface area (Å²) in [6.07, 6.45) is -0.106. The quantitative estimate of drug-likeness (QED) is 0.506. The van der Waals surface area contributed by atoms with Crippen molar-refractivity contribution in [3.05, 3.63) is 54.4 Å². The van der Waals surface area contributed by atoms with E-state index in [0.29, 0.717) is 18.2 Å². The van der Waals surface area contributed by atoms with Crippen LogP contribution in [0.1, 0.15) is 12.7 Å². The van der Waals surface area contributed by atoms with Gasteiger partial charge in [0.2, 0.25) is 0 Å². The van der Waals surface area contributed by atoms with Gasteiger partial charge < -0.3 is 25.5 Å². The summed E-state index contributed by atoms with van der Waals surface area (Å²) in [5.41, 5.74) is 14.8. The van der Waals surface area contributed by atoms with Gasteiger partial charge in [-0.05, 0) is 50.2 Å². The van der Waals surface area contributed by atoms with Gasteiger partial charge in [0.15, 0.2) is 5.65 Å². The first-order valence-electron chi connectivity index (χ1n) is 9.61. The minimum Gasteiger partial charge on any atom is -0.497 e. The third-order valence-electron chi connectivity index (χ3n) is 4.76. The Kier molecular flexibility index (Phi) is 5.14. The first kappa shape index (κ1) is 19.5. The van der Waals surface area contributed by atoms with Crippen molar-refractivity contribution in [2.75, 3.05) is 18.6 Å². The second-order valence-electron chi connectivity index (χ2n) is 7.12. The van der Waals surface area contributed by atoms with Crippen LogP contribution in [0.5, 0.6) is 11.5 Å². The highest BCUT2D eigenvalue weighted by atomic mass is 16.5. The number of hydrogen-bond acceptors (Lipinski definition) is 7. The molecule has 3 heterocycles. The zero-order valence-corrected chi connectivity index (χ0v) is 17.2. The molecule has 0 bridgehead atoms. The molecule has 0 radical (unpaired) electrons. The molecule has 4 N–H and O–H groups in total. The number of methoxy groups -OCH3 is 1. The Morgan fingerprint density at radius 2 is 1.70 bits per heavy atom. The number of nitrogen functional groups attached to an aromatic ring is 2. The SMILES string of the molecule is COc1cccc(OC(C)Cn2c(C)nc3ccc(-c4cc(N)nc(N)c4)nc32)c1. The first-order chi connectivity index (χ1) is 14.4. The van der Waals surface area contributed by atoms with Crippen molar-refractivity contribution in [1.29, 1.82) is 0 Å². The molecule has 154 valence electrons. The zero-order valence-electron chi connectivity index (χ0n) is 17.2.